The molecule has 0 spiro atoms. The van der Waals surface area contributed by atoms with E-state index in [9.17, 15) is 0 Å². The maximum Gasteiger partial charge on any atom is 0.164 e. The van der Waals surface area contributed by atoms with Crippen molar-refractivity contribution in [1.82, 2.24) is 15.0 Å². The standard InChI is InChI=1S/C45H31N3/c1-4-14-32(15-5-1)39-20-10-12-22-41(39)34-24-28-37(29-25-34)44-46-43(36-18-8-3-9-19-36)47-45(48-44)38-30-26-35(27-31-38)42-23-13-11-21-40(42)33-16-6-2-7-17-33/h1-31H. The highest BCUT2D eigenvalue weighted by atomic mass is 15.0. The number of aromatic nitrogens is 3. The van der Waals surface area contributed by atoms with E-state index in [1.165, 1.54) is 33.4 Å². The van der Waals surface area contributed by atoms with Crippen molar-refractivity contribution in [3.8, 4) is 78.7 Å². The third kappa shape index (κ3) is 5.93. The van der Waals surface area contributed by atoms with Crippen LogP contribution in [0, 0.1) is 0 Å². The maximum atomic E-state index is 5.01. The molecular formula is C45H31N3. The third-order valence-electron chi connectivity index (χ3n) is 8.60. The quantitative estimate of drug-likeness (QED) is 0.179. The van der Waals surface area contributed by atoms with Gasteiger partial charge in [0.05, 0.1) is 0 Å². The van der Waals surface area contributed by atoms with E-state index in [2.05, 4.69) is 146 Å². The highest BCUT2D eigenvalue weighted by Crippen LogP contribution is 2.35. The van der Waals surface area contributed by atoms with Gasteiger partial charge in [0.2, 0.25) is 0 Å². The monoisotopic (exact) mass is 613 g/mol. The third-order valence-corrected chi connectivity index (χ3v) is 8.60. The first kappa shape index (κ1) is 29.0. The summed E-state index contributed by atoms with van der Waals surface area (Å²) in [6.07, 6.45) is 0. The second-order valence-electron chi connectivity index (χ2n) is 11.7. The Morgan fingerprint density at radius 3 is 0.708 bits per heavy atom. The van der Waals surface area contributed by atoms with E-state index >= 15 is 0 Å². The van der Waals surface area contributed by atoms with Crippen molar-refractivity contribution in [3.05, 3.63) is 188 Å². The van der Waals surface area contributed by atoms with Gasteiger partial charge in [0.25, 0.3) is 0 Å². The predicted octanol–water partition coefficient (Wildman–Crippen LogP) is 11.5. The van der Waals surface area contributed by atoms with E-state index in [-0.39, 0.29) is 0 Å². The lowest BCUT2D eigenvalue weighted by molar-refractivity contribution is 1.07. The maximum absolute atomic E-state index is 5.01. The first-order valence-corrected chi connectivity index (χ1v) is 16.1. The van der Waals surface area contributed by atoms with Gasteiger partial charge < -0.3 is 0 Å². The van der Waals surface area contributed by atoms with Gasteiger partial charge in [-0.1, -0.05) is 188 Å². The molecule has 0 fully saturated rings. The fourth-order valence-electron chi connectivity index (χ4n) is 6.16. The second-order valence-corrected chi connectivity index (χ2v) is 11.7. The average molecular weight is 614 g/mol. The summed E-state index contributed by atoms with van der Waals surface area (Å²) in [6, 6.07) is 65.2. The van der Waals surface area contributed by atoms with Gasteiger partial charge in [-0.3, -0.25) is 0 Å². The summed E-state index contributed by atoms with van der Waals surface area (Å²) in [5.41, 5.74) is 12.3. The molecule has 0 unspecified atom stereocenters. The van der Waals surface area contributed by atoms with E-state index in [4.69, 9.17) is 15.0 Å². The molecule has 0 saturated heterocycles. The van der Waals surface area contributed by atoms with Gasteiger partial charge in [-0.25, -0.2) is 15.0 Å². The molecule has 0 atom stereocenters. The van der Waals surface area contributed by atoms with Crippen LogP contribution in [0.5, 0.6) is 0 Å². The molecule has 0 amide bonds. The normalized spacial score (nSPS) is 10.9. The van der Waals surface area contributed by atoms with Crippen LogP contribution in [0.3, 0.4) is 0 Å². The molecule has 3 heteroatoms. The van der Waals surface area contributed by atoms with Crippen LogP contribution in [0.25, 0.3) is 78.7 Å². The Bertz CT molecular complexity index is 2150. The number of hydrogen-bond acceptors (Lipinski definition) is 3. The lowest BCUT2D eigenvalue weighted by Gasteiger charge is -2.12. The molecule has 1 heterocycles. The summed E-state index contributed by atoms with van der Waals surface area (Å²) in [5, 5.41) is 0. The first-order valence-electron chi connectivity index (χ1n) is 16.1. The van der Waals surface area contributed by atoms with Gasteiger partial charge in [-0.2, -0.15) is 0 Å². The van der Waals surface area contributed by atoms with Crippen molar-refractivity contribution in [3.63, 3.8) is 0 Å². The minimum atomic E-state index is 0.639. The minimum absolute atomic E-state index is 0.639. The molecule has 7 aromatic carbocycles. The van der Waals surface area contributed by atoms with Crippen LogP contribution in [0.2, 0.25) is 0 Å². The van der Waals surface area contributed by atoms with E-state index in [1.807, 2.05) is 42.5 Å². The summed E-state index contributed by atoms with van der Waals surface area (Å²) in [4.78, 5) is 14.9. The largest absolute Gasteiger partial charge is 0.208 e. The Kier molecular flexibility index (Phi) is 7.92. The molecule has 8 aromatic rings. The Balaban J connectivity index is 1.17. The van der Waals surface area contributed by atoms with Crippen LogP contribution in [-0.4, -0.2) is 15.0 Å². The molecule has 226 valence electrons. The molecule has 0 aliphatic rings. The van der Waals surface area contributed by atoms with Crippen LogP contribution >= 0.6 is 0 Å². The summed E-state index contributed by atoms with van der Waals surface area (Å²) >= 11 is 0. The Morgan fingerprint density at radius 2 is 0.396 bits per heavy atom. The molecule has 0 aliphatic heterocycles. The smallest absolute Gasteiger partial charge is 0.164 e. The summed E-state index contributed by atoms with van der Waals surface area (Å²) in [6.45, 7) is 0. The van der Waals surface area contributed by atoms with E-state index in [1.54, 1.807) is 0 Å². The molecule has 0 bridgehead atoms. The topological polar surface area (TPSA) is 38.7 Å². The zero-order chi connectivity index (χ0) is 32.1. The van der Waals surface area contributed by atoms with Crippen LogP contribution in [0.15, 0.2) is 188 Å². The fourth-order valence-corrected chi connectivity index (χ4v) is 6.16. The molecule has 8 rings (SSSR count). The molecule has 0 aliphatic carbocycles. The molecule has 0 N–H and O–H groups in total. The van der Waals surface area contributed by atoms with E-state index in [0.717, 1.165) is 27.8 Å². The summed E-state index contributed by atoms with van der Waals surface area (Å²) in [5.74, 6) is 1.92. The van der Waals surface area contributed by atoms with E-state index < -0.39 is 0 Å². The summed E-state index contributed by atoms with van der Waals surface area (Å²) < 4.78 is 0. The van der Waals surface area contributed by atoms with Crippen molar-refractivity contribution >= 4 is 0 Å². The predicted molar refractivity (Wildman–Crippen MR) is 198 cm³/mol. The van der Waals surface area contributed by atoms with Crippen LogP contribution in [0.4, 0.5) is 0 Å². The molecule has 1 aromatic heterocycles. The SMILES string of the molecule is c1ccc(-c2nc(-c3ccc(-c4ccccc4-c4ccccc4)cc3)nc(-c3ccc(-c4ccccc4-c4ccccc4)cc3)n2)cc1. The highest BCUT2D eigenvalue weighted by molar-refractivity contribution is 5.85. The van der Waals surface area contributed by atoms with Crippen molar-refractivity contribution in [2.75, 3.05) is 0 Å². The zero-order valence-electron chi connectivity index (χ0n) is 26.2. The average Bonchev–Trinajstić information content (AvgIpc) is 3.19. The molecule has 0 radical (unpaired) electrons. The van der Waals surface area contributed by atoms with Gasteiger partial charge in [0, 0.05) is 16.7 Å². The molecule has 3 nitrogen and oxygen atoms in total. The van der Waals surface area contributed by atoms with Crippen molar-refractivity contribution in [1.29, 1.82) is 0 Å². The van der Waals surface area contributed by atoms with Gasteiger partial charge in [0.15, 0.2) is 17.5 Å². The van der Waals surface area contributed by atoms with Crippen molar-refractivity contribution in [2.24, 2.45) is 0 Å². The van der Waals surface area contributed by atoms with Crippen LogP contribution in [0.1, 0.15) is 0 Å². The van der Waals surface area contributed by atoms with Gasteiger partial charge in [-0.15, -0.1) is 0 Å². The number of rotatable bonds is 7. The summed E-state index contributed by atoms with van der Waals surface area (Å²) in [7, 11) is 0. The zero-order valence-corrected chi connectivity index (χ0v) is 26.2. The Hall–Kier alpha value is -6.45. The Morgan fingerprint density at radius 1 is 0.188 bits per heavy atom. The number of nitrogens with zero attached hydrogens (tertiary/aromatic N) is 3. The van der Waals surface area contributed by atoms with Crippen molar-refractivity contribution < 1.29 is 0 Å². The van der Waals surface area contributed by atoms with Crippen molar-refractivity contribution in [2.45, 2.75) is 0 Å². The second kappa shape index (κ2) is 13.1. The lowest BCUT2D eigenvalue weighted by atomic mass is 9.94. The molecule has 0 saturated carbocycles. The van der Waals surface area contributed by atoms with Crippen LogP contribution < -0.4 is 0 Å². The Labute approximate surface area is 280 Å². The van der Waals surface area contributed by atoms with Crippen LogP contribution in [-0.2, 0) is 0 Å². The van der Waals surface area contributed by atoms with Gasteiger partial charge in [-0.05, 0) is 44.5 Å². The minimum Gasteiger partial charge on any atom is -0.208 e. The van der Waals surface area contributed by atoms with E-state index in [0.29, 0.717) is 17.5 Å². The highest BCUT2D eigenvalue weighted by Gasteiger charge is 2.14. The fraction of sp³-hybridized carbons (Fsp3) is 0. The number of benzene rings is 7. The molecule has 48 heavy (non-hydrogen) atoms. The van der Waals surface area contributed by atoms with Gasteiger partial charge in [0.1, 0.15) is 0 Å². The molecular weight excluding hydrogens is 583 g/mol. The first-order chi connectivity index (χ1) is 23.8. The number of hydrogen-bond donors (Lipinski definition) is 0. The van der Waals surface area contributed by atoms with Gasteiger partial charge >= 0.3 is 0 Å². The lowest BCUT2D eigenvalue weighted by Crippen LogP contribution is -2.00.